The van der Waals surface area contributed by atoms with Gasteiger partial charge in [0.05, 0.1) is 16.2 Å². The molecule has 0 spiro atoms. The maximum atomic E-state index is 13.8. The van der Waals surface area contributed by atoms with Crippen LogP contribution in [0.3, 0.4) is 0 Å². The minimum Gasteiger partial charge on any atom is -0.369 e. The lowest BCUT2D eigenvalue weighted by Gasteiger charge is -2.34. The molecule has 2 rings (SSSR count). The Morgan fingerprint density at radius 1 is 1.38 bits per heavy atom. The van der Waals surface area contributed by atoms with E-state index >= 15 is 0 Å². The lowest BCUT2D eigenvalue weighted by molar-refractivity contribution is -0.0778. The average Bonchev–Trinajstić information content (AvgIpc) is 2.58. The van der Waals surface area contributed by atoms with Crippen LogP contribution in [-0.4, -0.2) is 17.7 Å². The van der Waals surface area contributed by atoms with Crippen molar-refractivity contribution in [3.05, 3.63) is 34.6 Å². The van der Waals surface area contributed by atoms with Gasteiger partial charge in [-0.05, 0) is 58.4 Å². The molecule has 1 saturated heterocycles. The molecule has 2 atom stereocenters. The summed E-state index contributed by atoms with van der Waals surface area (Å²) in [6.07, 6.45) is 0.932. The molecule has 118 valence electrons. The van der Waals surface area contributed by atoms with Crippen molar-refractivity contribution in [3.63, 3.8) is 0 Å². The van der Waals surface area contributed by atoms with Crippen molar-refractivity contribution in [3.8, 4) is 0 Å². The van der Waals surface area contributed by atoms with Crippen LogP contribution in [0.5, 0.6) is 0 Å². The Bertz CT molecular complexity index is 516. The Labute approximate surface area is 132 Å². The van der Waals surface area contributed by atoms with Gasteiger partial charge >= 0.3 is 0 Å². The van der Waals surface area contributed by atoms with E-state index in [1.165, 1.54) is 6.07 Å². The quantitative estimate of drug-likeness (QED) is 0.868. The number of benzene rings is 1. The first-order chi connectivity index (χ1) is 9.66. The second kappa shape index (κ2) is 5.86. The molecule has 1 aliphatic rings. The molecule has 0 aromatic heterocycles. The molecule has 21 heavy (non-hydrogen) atoms. The monoisotopic (exact) mass is 313 g/mol. The van der Waals surface area contributed by atoms with E-state index in [9.17, 15) is 4.39 Å². The predicted molar refractivity (Wildman–Crippen MR) is 85.2 cm³/mol. The lowest BCUT2D eigenvalue weighted by atomic mass is 9.79. The van der Waals surface area contributed by atoms with Gasteiger partial charge < -0.3 is 10.1 Å². The van der Waals surface area contributed by atoms with Crippen LogP contribution < -0.4 is 5.32 Å². The van der Waals surface area contributed by atoms with Crippen molar-refractivity contribution >= 4 is 11.6 Å². The molecule has 0 aliphatic carbocycles. The highest BCUT2D eigenvalue weighted by atomic mass is 35.5. The van der Waals surface area contributed by atoms with Crippen molar-refractivity contribution in [2.24, 2.45) is 5.92 Å². The van der Waals surface area contributed by atoms with Crippen LogP contribution in [0.2, 0.25) is 5.02 Å². The number of ether oxygens (including phenoxy) is 1. The summed E-state index contributed by atoms with van der Waals surface area (Å²) in [6.45, 7) is 11.3. The molecule has 1 aliphatic heterocycles. The summed E-state index contributed by atoms with van der Waals surface area (Å²) >= 11 is 5.80. The first-order valence-electron chi connectivity index (χ1n) is 7.55. The fraction of sp³-hybridized carbons (Fsp3) is 0.647. The summed E-state index contributed by atoms with van der Waals surface area (Å²) in [6, 6.07) is 5.13. The summed E-state index contributed by atoms with van der Waals surface area (Å²) in [5, 5.41) is 3.65. The molecule has 0 amide bonds. The Kier molecular flexibility index (Phi) is 4.67. The van der Waals surface area contributed by atoms with Gasteiger partial charge in [-0.3, -0.25) is 0 Å². The third kappa shape index (κ3) is 3.58. The molecule has 0 saturated carbocycles. The SMILES string of the molecule is CCNC(c1ccc(Cl)c(F)c1)C1CC(C)(C)OC1(C)C. The Morgan fingerprint density at radius 2 is 2.05 bits per heavy atom. The number of hydrogen-bond donors (Lipinski definition) is 1. The van der Waals surface area contributed by atoms with E-state index in [1.54, 1.807) is 6.07 Å². The molecule has 1 N–H and O–H groups in total. The molecule has 4 heteroatoms. The van der Waals surface area contributed by atoms with E-state index in [4.69, 9.17) is 16.3 Å². The minimum atomic E-state index is -0.368. The molecule has 1 fully saturated rings. The summed E-state index contributed by atoms with van der Waals surface area (Å²) in [5.41, 5.74) is 0.511. The van der Waals surface area contributed by atoms with E-state index in [1.807, 2.05) is 6.07 Å². The summed E-state index contributed by atoms with van der Waals surface area (Å²) in [4.78, 5) is 0. The second-order valence-electron chi connectivity index (χ2n) is 6.98. The highest BCUT2D eigenvalue weighted by molar-refractivity contribution is 6.30. The van der Waals surface area contributed by atoms with Crippen molar-refractivity contribution in [1.82, 2.24) is 5.32 Å². The standard InChI is InChI=1S/C17H25ClFNO/c1-6-20-15(11-7-8-13(18)14(19)9-11)12-10-16(2,3)21-17(12,4)5/h7-9,12,15,20H,6,10H2,1-5H3. The van der Waals surface area contributed by atoms with E-state index in [-0.39, 0.29) is 34.0 Å². The van der Waals surface area contributed by atoms with Crippen LogP contribution in [0, 0.1) is 11.7 Å². The zero-order valence-electron chi connectivity index (χ0n) is 13.5. The zero-order valence-corrected chi connectivity index (χ0v) is 14.2. The molecule has 0 bridgehead atoms. The summed E-state index contributed by atoms with van der Waals surface area (Å²) < 4.78 is 20.0. The fourth-order valence-corrected chi connectivity index (χ4v) is 3.66. The van der Waals surface area contributed by atoms with E-state index < -0.39 is 0 Å². The molecule has 1 aromatic rings. The Morgan fingerprint density at radius 3 is 2.52 bits per heavy atom. The van der Waals surface area contributed by atoms with E-state index in [0.717, 1.165) is 18.5 Å². The van der Waals surface area contributed by atoms with Gasteiger partial charge in [0.1, 0.15) is 5.82 Å². The number of nitrogens with one attached hydrogen (secondary N) is 1. The van der Waals surface area contributed by atoms with E-state index in [2.05, 4.69) is 39.9 Å². The van der Waals surface area contributed by atoms with Gasteiger partial charge in [0.2, 0.25) is 0 Å². The number of hydrogen-bond acceptors (Lipinski definition) is 2. The third-order valence-electron chi connectivity index (χ3n) is 4.27. The van der Waals surface area contributed by atoms with Crippen LogP contribution in [-0.2, 0) is 4.74 Å². The maximum Gasteiger partial charge on any atom is 0.142 e. The van der Waals surface area contributed by atoms with Gasteiger partial charge in [0.15, 0.2) is 0 Å². The number of halogens is 2. The highest BCUT2D eigenvalue weighted by Gasteiger charge is 2.49. The van der Waals surface area contributed by atoms with Gasteiger partial charge in [-0.15, -0.1) is 0 Å². The van der Waals surface area contributed by atoms with Crippen LogP contribution in [0.25, 0.3) is 0 Å². The topological polar surface area (TPSA) is 21.3 Å². The summed E-state index contributed by atoms with van der Waals surface area (Å²) in [7, 11) is 0. The Balaban J connectivity index is 2.36. The van der Waals surface area contributed by atoms with Crippen molar-refractivity contribution in [2.45, 2.75) is 58.3 Å². The number of rotatable bonds is 4. The lowest BCUT2D eigenvalue weighted by Crippen LogP contribution is -2.38. The summed E-state index contributed by atoms with van der Waals surface area (Å²) in [5.74, 6) is -0.0962. The molecule has 1 heterocycles. The largest absolute Gasteiger partial charge is 0.369 e. The molecule has 2 unspecified atom stereocenters. The normalized spacial score (nSPS) is 25.0. The van der Waals surface area contributed by atoms with Gasteiger partial charge in [0, 0.05) is 12.0 Å². The van der Waals surface area contributed by atoms with Gasteiger partial charge in [-0.1, -0.05) is 24.6 Å². The molecule has 2 nitrogen and oxygen atoms in total. The smallest absolute Gasteiger partial charge is 0.142 e. The maximum absolute atomic E-state index is 13.8. The van der Waals surface area contributed by atoms with Crippen LogP contribution in [0.4, 0.5) is 4.39 Å². The molecule has 0 radical (unpaired) electrons. The van der Waals surface area contributed by atoms with Crippen LogP contribution in [0.1, 0.15) is 52.6 Å². The van der Waals surface area contributed by atoms with Crippen LogP contribution in [0.15, 0.2) is 18.2 Å². The first-order valence-corrected chi connectivity index (χ1v) is 7.92. The van der Waals surface area contributed by atoms with Gasteiger partial charge in [-0.2, -0.15) is 0 Å². The van der Waals surface area contributed by atoms with Crippen LogP contribution >= 0.6 is 11.6 Å². The second-order valence-corrected chi connectivity index (χ2v) is 7.39. The minimum absolute atomic E-state index is 0.0542. The Hall–Kier alpha value is -0.640. The van der Waals surface area contributed by atoms with Gasteiger partial charge in [0.25, 0.3) is 0 Å². The molecule has 1 aromatic carbocycles. The van der Waals surface area contributed by atoms with Crippen molar-refractivity contribution < 1.29 is 9.13 Å². The molecular formula is C17H25ClFNO. The van der Waals surface area contributed by atoms with Crippen molar-refractivity contribution in [2.75, 3.05) is 6.54 Å². The highest BCUT2D eigenvalue weighted by Crippen LogP contribution is 2.47. The third-order valence-corrected chi connectivity index (χ3v) is 4.58. The fourth-order valence-electron chi connectivity index (χ4n) is 3.54. The first kappa shape index (κ1) is 16.7. The van der Waals surface area contributed by atoms with Gasteiger partial charge in [-0.25, -0.2) is 4.39 Å². The van der Waals surface area contributed by atoms with Crippen molar-refractivity contribution in [1.29, 1.82) is 0 Å². The predicted octanol–water partition coefficient (Wildman–Crippen LogP) is 4.72. The zero-order chi connectivity index (χ0) is 15.8. The van der Waals surface area contributed by atoms with E-state index in [0.29, 0.717) is 0 Å². The average molecular weight is 314 g/mol. The molecular weight excluding hydrogens is 289 g/mol.